The molecule has 1 N–H and O–H groups in total. The van der Waals surface area contributed by atoms with Gasteiger partial charge in [0.2, 0.25) is 0 Å². The molecule has 2 rings (SSSR count). The van der Waals surface area contributed by atoms with E-state index >= 15 is 0 Å². The predicted octanol–water partition coefficient (Wildman–Crippen LogP) is 3.43. The minimum absolute atomic E-state index is 0.488. The third kappa shape index (κ3) is 4.94. The third-order valence-electron chi connectivity index (χ3n) is 5.62. The van der Waals surface area contributed by atoms with Crippen LogP contribution in [0.1, 0.15) is 66.2 Å². The van der Waals surface area contributed by atoms with Crippen LogP contribution >= 0.6 is 0 Å². The minimum Gasteiger partial charge on any atom is -0.378 e. The molecule has 3 nitrogen and oxygen atoms in total. The number of nitrogens with zero attached hydrogens (tertiary/aromatic N) is 1. The normalized spacial score (nSPS) is 29.4. The summed E-state index contributed by atoms with van der Waals surface area (Å²) in [6.45, 7) is 12.7. The molecular formula is C18H36N2O. The fourth-order valence-electron chi connectivity index (χ4n) is 4.04. The molecule has 0 radical (unpaired) electrons. The topological polar surface area (TPSA) is 24.5 Å². The molecular weight excluding hydrogens is 260 g/mol. The van der Waals surface area contributed by atoms with Crippen molar-refractivity contribution >= 4 is 0 Å². The zero-order chi connectivity index (χ0) is 15.2. The van der Waals surface area contributed by atoms with Crippen molar-refractivity contribution in [1.82, 2.24) is 10.2 Å². The molecule has 0 aromatic heterocycles. The van der Waals surface area contributed by atoms with Crippen molar-refractivity contribution < 1.29 is 4.74 Å². The summed E-state index contributed by atoms with van der Waals surface area (Å²) < 4.78 is 6.04. The zero-order valence-corrected chi connectivity index (χ0v) is 14.6. The Morgan fingerprint density at radius 2 is 1.71 bits per heavy atom. The van der Waals surface area contributed by atoms with Crippen molar-refractivity contribution in [1.29, 1.82) is 0 Å². The van der Waals surface area contributed by atoms with Crippen LogP contribution in [0, 0.1) is 5.92 Å². The smallest absolute Gasteiger partial charge is 0.0617 e. The summed E-state index contributed by atoms with van der Waals surface area (Å²) in [7, 11) is 0. The molecule has 2 fully saturated rings. The maximum atomic E-state index is 6.04. The van der Waals surface area contributed by atoms with Gasteiger partial charge in [-0.25, -0.2) is 0 Å². The second-order valence-electron chi connectivity index (χ2n) is 7.28. The summed E-state index contributed by atoms with van der Waals surface area (Å²) >= 11 is 0. The highest BCUT2D eigenvalue weighted by molar-refractivity contribution is 4.86. The Morgan fingerprint density at radius 3 is 2.29 bits per heavy atom. The van der Waals surface area contributed by atoms with E-state index in [9.17, 15) is 0 Å². The first kappa shape index (κ1) is 17.2. The van der Waals surface area contributed by atoms with Crippen molar-refractivity contribution in [2.45, 2.75) is 90.4 Å². The van der Waals surface area contributed by atoms with E-state index in [4.69, 9.17) is 4.74 Å². The van der Waals surface area contributed by atoms with Gasteiger partial charge >= 0.3 is 0 Å². The molecule has 0 aliphatic carbocycles. The lowest BCUT2D eigenvalue weighted by atomic mass is 9.88. The van der Waals surface area contributed by atoms with Crippen LogP contribution in [0.4, 0.5) is 0 Å². The van der Waals surface area contributed by atoms with Gasteiger partial charge < -0.3 is 15.0 Å². The molecule has 0 saturated carbocycles. The second-order valence-corrected chi connectivity index (χ2v) is 7.28. The Bertz CT molecular complexity index is 283. The van der Waals surface area contributed by atoms with Crippen LogP contribution in [0.2, 0.25) is 0 Å². The quantitative estimate of drug-likeness (QED) is 0.812. The maximum absolute atomic E-state index is 6.04. The van der Waals surface area contributed by atoms with Crippen molar-refractivity contribution in [3.05, 3.63) is 0 Å². The molecule has 0 aromatic rings. The SMILES string of the molecule is CCC(CC)C1CC(NC2CCN(C(C)C)CC2)CCO1. The molecule has 2 atom stereocenters. The molecule has 2 heterocycles. The molecule has 2 saturated heterocycles. The van der Waals surface area contributed by atoms with Gasteiger partial charge in [0, 0.05) is 24.7 Å². The van der Waals surface area contributed by atoms with Gasteiger partial charge in [0.15, 0.2) is 0 Å². The van der Waals surface area contributed by atoms with Crippen LogP contribution in [0.25, 0.3) is 0 Å². The molecule has 0 aromatic carbocycles. The zero-order valence-electron chi connectivity index (χ0n) is 14.6. The Labute approximate surface area is 131 Å². The Balaban J connectivity index is 1.75. The molecule has 0 amide bonds. The number of ether oxygens (including phenoxy) is 1. The number of likely N-dealkylation sites (tertiary alicyclic amines) is 1. The Kier molecular flexibility index (Phi) is 6.97. The first-order valence-electron chi connectivity index (χ1n) is 9.25. The van der Waals surface area contributed by atoms with Gasteiger partial charge in [-0.05, 0) is 58.5 Å². The van der Waals surface area contributed by atoms with Crippen LogP contribution < -0.4 is 5.32 Å². The highest BCUT2D eigenvalue weighted by Gasteiger charge is 2.29. The van der Waals surface area contributed by atoms with Gasteiger partial charge in [0.05, 0.1) is 6.10 Å². The fourth-order valence-corrected chi connectivity index (χ4v) is 4.04. The van der Waals surface area contributed by atoms with Crippen molar-refractivity contribution in [2.24, 2.45) is 5.92 Å². The number of nitrogens with one attached hydrogen (secondary N) is 1. The summed E-state index contributed by atoms with van der Waals surface area (Å²) in [5, 5.41) is 3.94. The number of piperidine rings is 1. The average molecular weight is 296 g/mol. The van der Waals surface area contributed by atoms with Gasteiger partial charge in [0.25, 0.3) is 0 Å². The number of hydrogen-bond acceptors (Lipinski definition) is 3. The largest absolute Gasteiger partial charge is 0.378 e. The monoisotopic (exact) mass is 296 g/mol. The van der Waals surface area contributed by atoms with E-state index in [1.807, 2.05) is 0 Å². The second kappa shape index (κ2) is 8.50. The van der Waals surface area contributed by atoms with Crippen molar-refractivity contribution in [3.8, 4) is 0 Å². The summed E-state index contributed by atoms with van der Waals surface area (Å²) in [4.78, 5) is 2.61. The van der Waals surface area contributed by atoms with Gasteiger partial charge in [-0.15, -0.1) is 0 Å². The average Bonchev–Trinajstić information content (AvgIpc) is 2.49. The molecule has 21 heavy (non-hydrogen) atoms. The van der Waals surface area contributed by atoms with Gasteiger partial charge in [0.1, 0.15) is 0 Å². The van der Waals surface area contributed by atoms with Crippen LogP contribution in [0.5, 0.6) is 0 Å². The van der Waals surface area contributed by atoms with Crippen LogP contribution in [0.3, 0.4) is 0 Å². The molecule has 2 unspecified atom stereocenters. The lowest BCUT2D eigenvalue weighted by Crippen LogP contribution is -2.50. The Morgan fingerprint density at radius 1 is 1.05 bits per heavy atom. The van der Waals surface area contributed by atoms with Crippen LogP contribution in [-0.2, 0) is 4.74 Å². The summed E-state index contributed by atoms with van der Waals surface area (Å²) in [6.07, 6.45) is 8.03. The van der Waals surface area contributed by atoms with E-state index in [0.29, 0.717) is 18.2 Å². The first-order valence-corrected chi connectivity index (χ1v) is 9.25. The van der Waals surface area contributed by atoms with Gasteiger partial charge in [-0.3, -0.25) is 0 Å². The fraction of sp³-hybridized carbons (Fsp3) is 1.00. The van der Waals surface area contributed by atoms with Crippen molar-refractivity contribution in [2.75, 3.05) is 19.7 Å². The van der Waals surface area contributed by atoms with Gasteiger partial charge in [-0.2, -0.15) is 0 Å². The molecule has 2 aliphatic rings. The molecule has 2 aliphatic heterocycles. The molecule has 0 bridgehead atoms. The molecule has 3 heteroatoms. The summed E-state index contributed by atoms with van der Waals surface area (Å²) in [5.74, 6) is 0.748. The van der Waals surface area contributed by atoms with E-state index in [-0.39, 0.29) is 0 Å². The number of rotatable bonds is 6. The van der Waals surface area contributed by atoms with Gasteiger partial charge in [-0.1, -0.05) is 26.7 Å². The van der Waals surface area contributed by atoms with E-state index in [1.165, 1.54) is 51.6 Å². The summed E-state index contributed by atoms with van der Waals surface area (Å²) in [5.41, 5.74) is 0. The Hall–Kier alpha value is -0.120. The standard InChI is InChI=1S/C18H36N2O/c1-5-15(6-2)18-13-17(9-12-21-18)19-16-7-10-20(11-8-16)14(3)4/h14-19H,5-13H2,1-4H3. The van der Waals surface area contributed by atoms with Crippen molar-refractivity contribution in [3.63, 3.8) is 0 Å². The number of hydrogen-bond donors (Lipinski definition) is 1. The van der Waals surface area contributed by atoms with E-state index in [1.54, 1.807) is 0 Å². The molecule has 0 spiro atoms. The first-order chi connectivity index (χ1) is 10.1. The lowest BCUT2D eigenvalue weighted by Gasteiger charge is -2.39. The maximum Gasteiger partial charge on any atom is 0.0617 e. The molecule has 124 valence electrons. The summed E-state index contributed by atoms with van der Waals surface area (Å²) in [6, 6.07) is 2.11. The van der Waals surface area contributed by atoms with E-state index in [2.05, 4.69) is 37.9 Å². The van der Waals surface area contributed by atoms with Crippen LogP contribution in [-0.4, -0.2) is 48.8 Å². The predicted molar refractivity (Wildman–Crippen MR) is 89.7 cm³/mol. The van der Waals surface area contributed by atoms with Crippen LogP contribution in [0.15, 0.2) is 0 Å². The van der Waals surface area contributed by atoms with E-state index < -0.39 is 0 Å². The highest BCUT2D eigenvalue weighted by atomic mass is 16.5. The lowest BCUT2D eigenvalue weighted by molar-refractivity contribution is -0.0373. The third-order valence-corrected chi connectivity index (χ3v) is 5.62. The minimum atomic E-state index is 0.488. The van der Waals surface area contributed by atoms with E-state index in [0.717, 1.165) is 18.6 Å². The highest BCUT2D eigenvalue weighted by Crippen LogP contribution is 2.26.